The van der Waals surface area contributed by atoms with Gasteiger partial charge in [0.15, 0.2) is 0 Å². The molecule has 2 aromatic rings. The van der Waals surface area contributed by atoms with E-state index in [0.29, 0.717) is 5.56 Å². The molecule has 0 aliphatic carbocycles. The Labute approximate surface area is 182 Å². The Balaban J connectivity index is 1.68. The van der Waals surface area contributed by atoms with Crippen molar-refractivity contribution in [3.8, 4) is 0 Å². The first-order valence-electron chi connectivity index (χ1n) is 9.48. The molecule has 1 amide bonds. The van der Waals surface area contributed by atoms with Gasteiger partial charge >= 0.3 is 6.18 Å². The molecule has 7 nitrogen and oxygen atoms in total. The molecule has 0 bridgehead atoms. The minimum atomic E-state index is -4.43. The van der Waals surface area contributed by atoms with Crippen molar-refractivity contribution >= 4 is 21.6 Å². The minimum Gasteiger partial charge on any atom is -0.379 e. The predicted octanol–water partition coefficient (Wildman–Crippen LogP) is 3.18. The summed E-state index contributed by atoms with van der Waals surface area (Å²) in [4.78, 5) is 11.9. The van der Waals surface area contributed by atoms with Gasteiger partial charge in [-0.15, -0.1) is 0 Å². The van der Waals surface area contributed by atoms with E-state index in [1.165, 1.54) is 30.3 Å². The van der Waals surface area contributed by atoms with Crippen molar-refractivity contribution in [1.29, 1.82) is 0 Å². The van der Waals surface area contributed by atoms with Crippen molar-refractivity contribution in [1.82, 2.24) is 4.31 Å². The van der Waals surface area contributed by atoms with Crippen LogP contribution < -0.4 is 5.32 Å². The van der Waals surface area contributed by atoms with Crippen LogP contribution in [0.25, 0.3) is 0 Å². The molecule has 1 N–H and O–H groups in total. The average Bonchev–Trinajstić information content (AvgIpc) is 2.75. The van der Waals surface area contributed by atoms with Crippen molar-refractivity contribution in [3.05, 3.63) is 59.4 Å². The van der Waals surface area contributed by atoms with Gasteiger partial charge in [-0.2, -0.15) is 17.5 Å². The molecule has 174 valence electrons. The van der Waals surface area contributed by atoms with Gasteiger partial charge in [0.1, 0.15) is 17.3 Å². The first kappa shape index (κ1) is 24.1. The summed E-state index contributed by atoms with van der Waals surface area (Å²) in [5.41, 5.74) is 0.679. The topological polar surface area (TPSA) is 84.9 Å². The third kappa shape index (κ3) is 6.25. The number of ether oxygens (including phenoxy) is 2. The smallest absolute Gasteiger partial charge is 0.379 e. The molecule has 12 heteroatoms. The number of nitrogens with zero attached hydrogens (tertiary/aromatic N) is 1. The van der Waals surface area contributed by atoms with Crippen molar-refractivity contribution in [2.45, 2.75) is 17.7 Å². The standard InChI is InChI=1S/C20H20F4N2O5S/c21-17-6-5-16(11-18(17)32(28,29)26-7-9-30-10-8-26)25-19(27)15-3-1-14(2-4-15)12-31-13-20(22,23)24/h1-6,11H,7-10,12-13H2,(H,25,27). The lowest BCUT2D eigenvalue weighted by molar-refractivity contribution is -0.176. The van der Waals surface area contributed by atoms with Crippen LogP contribution in [0.2, 0.25) is 0 Å². The van der Waals surface area contributed by atoms with E-state index >= 15 is 0 Å². The number of alkyl halides is 3. The minimum absolute atomic E-state index is 0.0702. The van der Waals surface area contributed by atoms with Crippen molar-refractivity contribution < 1.29 is 40.2 Å². The summed E-state index contributed by atoms with van der Waals surface area (Å²) in [7, 11) is -4.11. The lowest BCUT2D eigenvalue weighted by atomic mass is 10.1. The Hall–Kier alpha value is -2.54. The summed E-state index contributed by atoms with van der Waals surface area (Å²) in [5, 5.41) is 2.49. The third-order valence-electron chi connectivity index (χ3n) is 4.53. The molecule has 0 atom stereocenters. The molecular weight excluding hydrogens is 456 g/mol. The third-order valence-corrected chi connectivity index (χ3v) is 6.44. The van der Waals surface area contributed by atoms with E-state index in [0.717, 1.165) is 16.4 Å². The second-order valence-electron chi connectivity index (χ2n) is 6.92. The van der Waals surface area contributed by atoms with E-state index < -0.39 is 39.4 Å². The Morgan fingerprint density at radius 2 is 1.75 bits per heavy atom. The number of hydrogen-bond acceptors (Lipinski definition) is 5. The average molecular weight is 476 g/mol. The van der Waals surface area contributed by atoms with Gasteiger partial charge in [0.05, 0.1) is 19.8 Å². The maximum atomic E-state index is 14.3. The highest BCUT2D eigenvalue weighted by molar-refractivity contribution is 7.89. The lowest BCUT2D eigenvalue weighted by Gasteiger charge is -2.26. The predicted molar refractivity (Wildman–Crippen MR) is 106 cm³/mol. The number of sulfonamides is 1. The van der Waals surface area contributed by atoms with Gasteiger partial charge in [-0.25, -0.2) is 12.8 Å². The second kappa shape index (κ2) is 9.94. The summed E-state index contributed by atoms with van der Waals surface area (Å²) < 4.78 is 86.9. The number of benzene rings is 2. The van der Waals surface area contributed by atoms with Gasteiger partial charge < -0.3 is 14.8 Å². The number of carbonyl (C=O) groups excluding carboxylic acids is 1. The molecule has 1 aliphatic heterocycles. The van der Waals surface area contributed by atoms with E-state index in [4.69, 9.17) is 4.74 Å². The Bertz CT molecular complexity index is 1050. The molecule has 0 radical (unpaired) electrons. The summed E-state index contributed by atoms with van der Waals surface area (Å²) in [6.45, 7) is -1.06. The normalized spacial score (nSPS) is 15.5. The number of nitrogens with one attached hydrogen (secondary N) is 1. The van der Waals surface area contributed by atoms with Crippen LogP contribution in [0.15, 0.2) is 47.4 Å². The first-order valence-corrected chi connectivity index (χ1v) is 10.9. The maximum Gasteiger partial charge on any atom is 0.411 e. The molecule has 0 saturated carbocycles. The van der Waals surface area contributed by atoms with Gasteiger partial charge in [0.2, 0.25) is 10.0 Å². The SMILES string of the molecule is O=C(Nc1ccc(F)c(S(=O)(=O)N2CCOCC2)c1)c1ccc(COCC(F)(F)F)cc1. The van der Waals surface area contributed by atoms with Crippen LogP contribution in [-0.4, -0.2) is 57.7 Å². The Morgan fingerprint density at radius 3 is 2.38 bits per heavy atom. The highest BCUT2D eigenvalue weighted by Crippen LogP contribution is 2.24. The molecule has 1 heterocycles. The second-order valence-corrected chi connectivity index (χ2v) is 8.83. The van der Waals surface area contributed by atoms with E-state index in [1.54, 1.807) is 0 Å². The van der Waals surface area contributed by atoms with E-state index in [1.807, 2.05) is 0 Å². The highest BCUT2D eigenvalue weighted by atomic mass is 32.2. The van der Waals surface area contributed by atoms with Crippen LogP contribution in [0.5, 0.6) is 0 Å². The quantitative estimate of drug-likeness (QED) is 0.621. The molecule has 1 saturated heterocycles. The molecule has 1 aliphatic rings. The number of hydrogen-bond donors (Lipinski definition) is 1. The monoisotopic (exact) mass is 476 g/mol. The molecule has 0 spiro atoms. The Kier molecular flexibility index (Phi) is 7.49. The van der Waals surface area contributed by atoms with Crippen molar-refractivity contribution in [2.24, 2.45) is 0 Å². The molecule has 1 fully saturated rings. The summed E-state index contributed by atoms with van der Waals surface area (Å²) in [5.74, 6) is -1.55. The Morgan fingerprint density at radius 1 is 1.09 bits per heavy atom. The first-order chi connectivity index (χ1) is 15.1. The van der Waals surface area contributed by atoms with Crippen molar-refractivity contribution in [3.63, 3.8) is 0 Å². The van der Waals surface area contributed by atoms with E-state index in [9.17, 15) is 30.8 Å². The largest absolute Gasteiger partial charge is 0.411 e. The molecule has 0 aromatic heterocycles. The fourth-order valence-corrected chi connectivity index (χ4v) is 4.44. The van der Waals surface area contributed by atoms with Crippen molar-refractivity contribution in [2.75, 3.05) is 38.2 Å². The van der Waals surface area contributed by atoms with Crippen LogP contribution in [0, 0.1) is 5.82 Å². The summed E-state index contributed by atoms with van der Waals surface area (Å²) in [6.07, 6.45) is -4.43. The van der Waals surface area contributed by atoms with Gasteiger partial charge in [-0.1, -0.05) is 12.1 Å². The summed E-state index contributed by atoms with van der Waals surface area (Å²) >= 11 is 0. The number of anilines is 1. The van der Waals surface area contributed by atoms with Gasteiger partial charge in [0, 0.05) is 24.3 Å². The van der Waals surface area contributed by atoms with Gasteiger partial charge in [-0.05, 0) is 35.9 Å². The molecular formula is C20H20F4N2O5S. The number of halogens is 4. The zero-order chi connectivity index (χ0) is 23.4. The summed E-state index contributed by atoms with van der Waals surface area (Å²) in [6, 6.07) is 8.86. The number of morpholine rings is 1. The van der Waals surface area contributed by atoms with Crippen LogP contribution in [-0.2, 0) is 26.1 Å². The zero-order valence-corrected chi connectivity index (χ0v) is 17.5. The van der Waals surface area contributed by atoms with Gasteiger partial charge in [-0.3, -0.25) is 4.79 Å². The fraction of sp³-hybridized carbons (Fsp3) is 0.350. The van der Waals surface area contributed by atoms with Crippen LogP contribution in [0.3, 0.4) is 0 Å². The molecule has 3 rings (SSSR count). The van der Waals surface area contributed by atoms with Crippen LogP contribution in [0.4, 0.5) is 23.2 Å². The van der Waals surface area contributed by atoms with Crippen LogP contribution in [0.1, 0.15) is 15.9 Å². The molecule has 32 heavy (non-hydrogen) atoms. The molecule has 2 aromatic carbocycles. The number of rotatable bonds is 7. The number of carbonyl (C=O) groups is 1. The maximum absolute atomic E-state index is 14.3. The lowest BCUT2D eigenvalue weighted by Crippen LogP contribution is -2.40. The number of amides is 1. The van der Waals surface area contributed by atoms with E-state index in [-0.39, 0.29) is 44.2 Å². The van der Waals surface area contributed by atoms with E-state index in [2.05, 4.69) is 10.1 Å². The zero-order valence-electron chi connectivity index (χ0n) is 16.7. The molecule has 0 unspecified atom stereocenters. The van der Waals surface area contributed by atoms with Crippen LogP contribution >= 0.6 is 0 Å². The van der Waals surface area contributed by atoms with Gasteiger partial charge in [0.25, 0.3) is 5.91 Å². The highest BCUT2D eigenvalue weighted by Gasteiger charge is 2.29. The fourth-order valence-electron chi connectivity index (χ4n) is 2.95.